The highest BCUT2D eigenvalue weighted by molar-refractivity contribution is 5.57. The molecule has 0 aliphatic heterocycles. The molecule has 0 spiro atoms. The first kappa shape index (κ1) is 12.3. The predicted molar refractivity (Wildman–Crippen MR) is 71.6 cm³/mol. The summed E-state index contributed by atoms with van der Waals surface area (Å²) in [6, 6.07) is 9.80. The van der Waals surface area contributed by atoms with Gasteiger partial charge >= 0.3 is 0 Å². The molecular formula is C13H16N4O. The molecule has 1 aromatic heterocycles. The van der Waals surface area contributed by atoms with E-state index < -0.39 is 0 Å². The second-order valence-electron chi connectivity index (χ2n) is 4.01. The summed E-state index contributed by atoms with van der Waals surface area (Å²) in [5.74, 6) is 0.966. The number of methoxy groups -OCH3 is 1. The average molecular weight is 244 g/mol. The van der Waals surface area contributed by atoms with Gasteiger partial charge in [0.1, 0.15) is 5.82 Å². The van der Waals surface area contributed by atoms with Crippen molar-refractivity contribution in [1.82, 2.24) is 9.97 Å². The maximum absolute atomic E-state index is 5.60. The van der Waals surface area contributed by atoms with E-state index in [4.69, 9.17) is 10.5 Å². The van der Waals surface area contributed by atoms with Gasteiger partial charge in [0.2, 0.25) is 5.95 Å². The van der Waals surface area contributed by atoms with Crippen molar-refractivity contribution in [3.8, 4) is 0 Å². The van der Waals surface area contributed by atoms with Crippen molar-refractivity contribution in [2.45, 2.75) is 13.5 Å². The largest absolute Gasteiger partial charge is 0.380 e. The number of benzene rings is 1. The molecule has 0 aliphatic rings. The van der Waals surface area contributed by atoms with E-state index in [1.807, 2.05) is 37.3 Å². The fourth-order valence-electron chi connectivity index (χ4n) is 1.65. The second-order valence-corrected chi connectivity index (χ2v) is 4.01. The Hall–Kier alpha value is -2.14. The lowest BCUT2D eigenvalue weighted by atomic mass is 10.2. The van der Waals surface area contributed by atoms with Crippen LogP contribution in [-0.4, -0.2) is 17.1 Å². The van der Waals surface area contributed by atoms with Gasteiger partial charge in [-0.25, -0.2) is 4.98 Å². The van der Waals surface area contributed by atoms with Gasteiger partial charge in [0.05, 0.1) is 6.61 Å². The number of aryl methyl sites for hydroxylation is 1. The van der Waals surface area contributed by atoms with Crippen molar-refractivity contribution in [3.05, 3.63) is 41.6 Å². The molecule has 18 heavy (non-hydrogen) atoms. The quantitative estimate of drug-likeness (QED) is 0.863. The highest BCUT2D eigenvalue weighted by Crippen LogP contribution is 2.16. The Morgan fingerprint density at radius 3 is 2.56 bits per heavy atom. The lowest BCUT2D eigenvalue weighted by Crippen LogP contribution is -2.01. The number of hydrogen-bond donors (Lipinski definition) is 2. The van der Waals surface area contributed by atoms with E-state index in [2.05, 4.69) is 15.3 Å². The number of ether oxygens (including phenoxy) is 1. The average Bonchev–Trinajstić information content (AvgIpc) is 2.31. The van der Waals surface area contributed by atoms with Crippen LogP contribution in [0.1, 0.15) is 11.3 Å². The normalized spacial score (nSPS) is 10.3. The molecule has 0 saturated carbocycles. The molecule has 0 bridgehead atoms. The zero-order valence-corrected chi connectivity index (χ0v) is 10.5. The number of nitrogen functional groups attached to an aromatic ring is 1. The maximum atomic E-state index is 5.60. The summed E-state index contributed by atoms with van der Waals surface area (Å²) in [5, 5.41) is 3.18. The van der Waals surface area contributed by atoms with Crippen LogP contribution in [0.15, 0.2) is 30.3 Å². The summed E-state index contributed by atoms with van der Waals surface area (Å²) in [6.07, 6.45) is 0. The summed E-state index contributed by atoms with van der Waals surface area (Å²) >= 11 is 0. The van der Waals surface area contributed by atoms with Gasteiger partial charge in [-0.1, -0.05) is 12.1 Å². The Balaban J connectivity index is 2.13. The van der Waals surface area contributed by atoms with Gasteiger partial charge in [-0.2, -0.15) is 4.98 Å². The van der Waals surface area contributed by atoms with E-state index in [1.54, 1.807) is 7.11 Å². The minimum absolute atomic E-state index is 0.272. The van der Waals surface area contributed by atoms with E-state index in [1.165, 1.54) is 0 Å². The van der Waals surface area contributed by atoms with Crippen LogP contribution in [0.3, 0.4) is 0 Å². The maximum Gasteiger partial charge on any atom is 0.222 e. The van der Waals surface area contributed by atoms with E-state index in [9.17, 15) is 0 Å². The number of nitrogens with zero attached hydrogens (tertiary/aromatic N) is 2. The second kappa shape index (κ2) is 5.46. The summed E-state index contributed by atoms with van der Waals surface area (Å²) in [5.41, 5.74) is 8.51. The minimum Gasteiger partial charge on any atom is -0.380 e. The fourth-order valence-corrected chi connectivity index (χ4v) is 1.65. The first-order valence-electron chi connectivity index (χ1n) is 5.63. The van der Waals surface area contributed by atoms with Crippen LogP contribution in [0.25, 0.3) is 0 Å². The van der Waals surface area contributed by atoms with Crippen LogP contribution in [0, 0.1) is 6.92 Å². The third kappa shape index (κ3) is 3.18. The predicted octanol–water partition coefficient (Wildman–Crippen LogP) is 2.26. The van der Waals surface area contributed by atoms with Crippen molar-refractivity contribution in [2.75, 3.05) is 18.2 Å². The number of aromatic nitrogens is 2. The molecule has 0 unspecified atom stereocenters. The molecule has 94 valence electrons. The molecule has 0 saturated heterocycles. The highest BCUT2D eigenvalue weighted by Gasteiger charge is 2.00. The van der Waals surface area contributed by atoms with Crippen molar-refractivity contribution < 1.29 is 4.74 Å². The van der Waals surface area contributed by atoms with Crippen molar-refractivity contribution in [3.63, 3.8) is 0 Å². The summed E-state index contributed by atoms with van der Waals surface area (Å²) in [6.45, 7) is 2.49. The van der Waals surface area contributed by atoms with E-state index in [-0.39, 0.29) is 5.95 Å². The molecular weight excluding hydrogens is 228 g/mol. The molecule has 1 aromatic carbocycles. The molecule has 0 atom stereocenters. The molecule has 1 heterocycles. The SMILES string of the molecule is COCc1ccc(Nc2cc(C)nc(N)n2)cc1. The molecule has 0 amide bonds. The van der Waals surface area contributed by atoms with Crippen molar-refractivity contribution in [2.24, 2.45) is 0 Å². The fraction of sp³-hybridized carbons (Fsp3) is 0.231. The van der Waals surface area contributed by atoms with Gasteiger partial charge in [0.15, 0.2) is 0 Å². The minimum atomic E-state index is 0.272. The zero-order chi connectivity index (χ0) is 13.0. The Bertz CT molecular complexity index is 505. The zero-order valence-electron chi connectivity index (χ0n) is 10.5. The van der Waals surface area contributed by atoms with Crippen LogP contribution >= 0.6 is 0 Å². The van der Waals surface area contributed by atoms with Crippen LogP contribution in [0.5, 0.6) is 0 Å². The molecule has 5 heteroatoms. The Morgan fingerprint density at radius 1 is 1.22 bits per heavy atom. The number of rotatable bonds is 4. The van der Waals surface area contributed by atoms with E-state index in [0.717, 1.165) is 16.9 Å². The third-order valence-electron chi connectivity index (χ3n) is 2.41. The van der Waals surface area contributed by atoms with E-state index in [0.29, 0.717) is 12.4 Å². The first-order chi connectivity index (χ1) is 8.67. The smallest absolute Gasteiger partial charge is 0.222 e. The van der Waals surface area contributed by atoms with Crippen molar-refractivity contribution in [1.29, 1.82) is 0 Å². The molecule has 5 nitrogen and oxygen atoms in total. The molecule has 0 radical (unpaired) electrons. The third-order valence-corrected chi connectivity index (χ3v) is 2.41. The Labute approximate surface area is 106 Å². The number of anilines is 3. The van der Waals surface area contributed by atoms with Gasteiger partial charge in [0.25, 0.3) is 0 Å². The molecule has 0 aliphatic carbocycles. The lowest BCUT2D eigenvalue weighted by Gasteiger charge is -2.07. The Morgan fingerprint density at radius 2 is 1.94 bits per heavy atom. The number of hydrogen-bond acceptors (Lipinski definition) is 5. The Kier molecular flexibility index (Phi) is 3.74. The molecule has 2 aromatic rings. The van der Waals surface area contributed by atoms with Crippen LogP contribution in [-0.2, 0) is 11.3 Å². The van der Waals surface area contributed by atoms with E-state index >= 15 is 0 Å². The van der Waals surface area contributed by atoms with Crippen LogP contribution in [0.2, 0.25) is 0 Å². The van der Waals surface area contributed by atoms with Gasteiger partial charge in [-0.15, -0.1) is 0 Å². The standard InChI is InChI=1S/C13H16N4O/c1-9-7-12(17-13(14)15-9)16-11-5-3-10(4-6-11)8-18-2/h3-7H,8H2,1-2H3,(H3,14,15,16,17). The summed E-state index contributed by atoms with van der Waals surface area (Å²) in [4.78, 5) is 8.14. The van der Waals surface area contributed by atoms with Crippen LogP contribution in [0.4, 0.5) is 17.5 Å². The number of nitrogens with two attached hydrogens (primary N) is 1. The first-order valence-corrected chi connectivity index (χ1v) is 5.63. The topological polar surface area (TPSA) is 73.1 Å². The van der Waals surface area contributed by atoms with Gasteiger partial charge in [-0.05, 0) is 24.6 Å². The molecule has 3 N–H and O–H groups in total. The van der Waals surface area contributed by atoms with Gasteiger partial charge in [0, 0.05) is 24.6 Å². The number of nitrogens with one attached hydrogen (secondary N) is 1. The monoisotopic (exact) mass is 244 g/mol. The van der Waals surface area contributed by atoms with Gasteiger partial charge in [-0.3, -0.25) is 0 Å². The highest BCUT2D eigenvalue weighted by atomic mass is 16.5. The van der Waals surface area contributed by atoms with Gasteiger partial charge < -0.3 is 15.8 Å². The summed E-state index contributed by atoms with van der Waals surface area (Å²) in [7, 11) is 1.68. The van der Waals surface area contributed by atoms with Crippen molar-refractivity contribution >= 4 is 17.5 Å². The molecule has 0 fully saturated rings. The molecule has 2 rings (SSSR count). The van der Waals surface area contributed by atoms with Crippen LogP contribution < -0.4 is 11.1 Å². The lowest BCUT2D eigenvalue weighted by molar-refractivity contribution is 0.185. The summed E-state index contributed by atoms with van der Waals surface area (Å²) < 4.78 is 5.06.